The van der Waals surface area contributed by atoms with Crippen LogP contribution in [0.1, 0.15) is 41.3 Å². The molecule has 0 atom stereocenters. The third-order valence-electron chi connectivity index (χ3n) is 4.64. The van der Waals surface area contributed by atoms with Crippen LogP contribution in [0.15, 0.2) is 36.4 Å². The number of hydrogen-bond acceptors (Lipinski definition) is 3. The number of anilines is 1. The van der Waals surface area contributed by atoms with Gasteiger partial charge in [0.2, 0.25) is 0 Å². The first-order valence-corrected chi connectivity index (χ1v) is 8.67. The highest BCUT2D eigenvalue weighted by atomic mass is 16.2. The number of primary amides is 2. The molecule has 0 saturated heterocycles. The molecule has 0 spiro atoms. The minimum Gasteiger partial charge on any atom is -0.365 e. The molecule has 7 heteroatoms. The number of carbonyl (C=O) groups is 2. The Morgan fingerprint density at radius 2 is 1.89 bits per heavy atom. The van der Waals surface area contributed by atoms with Gasteiger partial charge in [-0.2, -0.15) is 0 Å². The fraction of sp³-hybridized carbons (Fsp3) is 0.200. The average molecular weight is 365 g/mol. The number of hydrogen-bond donors (Lipinski definition) is 5. The van der Waals surface area contributed by atoms with E-state index in [0.29, 0.717) is 23.4 Å². The zero-order chi connectivity index (χ0) is 19.7. The minimum absolute atomic E-state index is 0.192. The molecule has 27 heavy (non-hydrogen) atoms. The monoisotopic (exact) mass is 365 g/mol. The van der Waals surface area contributed by atoms with E-state index in [-0.39, 0.29) is 11.4 Å². The zero-order valence-corrected chi connectivity index (χ0v) is 15.3. The van der Waals surface area contributed by atoms with E-state index in [0.717, 1.165) is 16.7 Å². The molecule has 0 radical (unpaired) electrons. The minimum atomic E-state index is -0.778. The van der Waals surface area contributed by atoms with E-state index in [1.54, 1.807) is 6.07 Å². The number of urea groups is 1. The summed E-state index contributed by atoms with van der Waals surface area (Å²) in [5.41, 5.74) is 21.8. The van der Waals surface area contributed by atoms with Crippen molar-refractivity contribution in [2.45, 2.75) is 26.3 Å². The third-order valence-corrected chi connectivity index (χ3v) is 4.64. The number of fused-ring (bicyclic) bond motifs is 1. The number of nitrogens with two attached hydrogens (primary N) is 3. The van der Waals surface area contributed by atoms with Crippen molar-refractivity contribution in [3.8, 4) is 11.1 Å². The van der Waals surface area contributed by atoms with E-state index < -0.39 is 11.9 Å². The maximum absolute atomic E-state index is 11.8. The van der Waals surface area contributed by atoms with E-state index in [1.165, 1.54) is 5.56 Å². The second kappa shape index (κ2) is 7.13. The summed E-state index contributed by atoms with van der Waals surface area (Å²) in [5.74, 6) is -0.107. The van der Waals surface area contributed by atoms with Crippen LogP contribution >= 0.6 is 0 Å². The molecule has 3 aromatic rings. The second-order valence-electron chi connectivity index (χ2n) is 6.72. The standard InChI is InChI=1S/C20H23N5O2/c1-10(2)12-4-3-5-13(15(12)9-21)11-6-7-14-16(8-11)24-19(25-20(23)27)17(14)18(22)26/h3-8,10,24H,9,21H2,1-2H3,(H2,22,26)(H3,23,25,27). The van der Waals surface area contributed by atoms with Gasteiger partial charge in [-0.05, 0) is 34.2 Å². The molecule has 1 aromatic heterocycles. The molecule has 0 unspecified atom stereocenters. The highest BCUT2D eigenvalue weighted by Crippen LogP contribution is 2.34. The second-order valence-corrected chi connectivity index (χ2v) is 6.72. The van der Waals surface area contributed by atoms with Crippen molar-refractivity contribution < 1.29 is 9.59 Å². The van der Waals surface area contributed by atoms with Gasteiger partial charge in [-0.15, -0.1) is 0 Å². The summed E-state index contributed by atoms with van der Waals surface area (Å²) in [6, 6.07) is 11.0. The quantitative estimate of drug-likeness (QED) is 0.474. The van der Waals surface area contributed by atoms with Crippen LogP contribution in [0, 0.1) is 0 Å². The van der Waals surface area contributed by atoms with Gasteiger partial charge in [-0.25, -0.2) is 4.79 Å². The van der Waals surface area contributed by atoms with E-state index in [1.807, 2.05) is 24.3 Å². The highest BCUT2D eigenvalue weighted by Gasteiger charge is 2.19. The van der Waals surface area contributed by atoms with Crippen molar-refractivity contribution in [1.82, 2.24) is 4.98 Å². The molecule has 8 N–H and O–H groups in total. The summed E-state index contributed by atoms with van der Waals surface area (Å²) in [6.45, 7) is 4.69. The number of benzene rings is 2. The summed E-state index contributed by atoms with van der Waals surface area (Å²) >= 11 is 0. The first kappa shape index (κ1) is 18.5. The van der Waals surface area contributed by atoms with Gasteiger partial charge >= 0.3 is 6.03 Å². The Labute approximate surface area is 156 Å². The number of nitrogens with one attached hydrogen (secondary N) is 2. The van der Waals surface area contributed by atoms with Crippen LogP contribution < -0.4 is 22.5 Å². The summed E-state index contributed by atoms with van der Waals surface area (Å²) < 4.78 is 0. The van der Waals surface area contributed by atoms with Gasteiger partial charge in [0.15, 0.2) is 0 Å². The predicted molar refractivity (Wildman–Crippen MR) is 107 cm³/mol. The smallest absolute Gasteiger partial charge is 0.317 e. The van der Waals surface area contributed by atoms with Crippen LogP contribution in [0.4, 0.5) is 10.6 Å². The number of aromatic nitrogens is 1. The molecule has 0 saturated carbocycles. The van der Waals surface area contributed by atoms with Gasteiger partial charge in [0.25, 0.3) is 5.91 Å². The number of carbonyl (C=O) groups excluding carboxylic acids is 2. The first-order valence-electron chi connectivity index (χ1n) is 8.67. The lowest BCUT2D eigenvalue weighted by Crippen LogP contribution is -2.22. The number of amides is 3. The Bertz CT molecular complexity index is 1040. The molecule has 0 aliphatic heterocycles. The van der Waals surface area contributed by atoms with Crippen LogP contribution in [0.5, 0.6) is 0 Å². The highest BCUT2D eigenvalue weighted by molar-refractivity contribution is 6.13. The SMILES string of the molecule is CC(C)c1cccc(-c2ccc3c(C(N)=O)c(NC(N)=O)[nH]c3c2)c1CN. The fourth-order valence-electron chi connectivity index (χ4n) is 3.48. The van der Waals surface area contributed by atoms with Crippen LogP contribution in [-0.4, -0.2) is 16.9 Å². The van der Waals surface area contributed by atoms with E-state index in [9.17, 15) is 9.59 Å². The van der Waals surface area contributed by atoms with E-state index >= 15 is 0 Å². The molecule has 140 valence electrons. The van der Waals surface area contributed by atoms with E-state index in [4.69, 9.17) is 17.2 Å². The third kappa shape index (κ3) is 3.37. The van der Waals surface area contributed by atoms with Crippen molar-refractivity contribution in [1.29, 1.82) is 0 Å². The summed E-state index contributed by atoms with van der Waals surface area (Å²) in [7, 11) is 0. The Morgan fingerprint density at radius 1 is 1.15 bits per heavy atom. The summed E-state index contributed by atoms with van der Waals surface area (Å²) in [5, 5.41) is 3.03. The molecule has 2 aromatic carbocycles. The van der Waals surface area contributed by atoms with Gasteiger partial charge in [-0.3, -0.25) is 10.1 Å². The van der Waals surface area contributed by atoms with Crippen LogP contribution in [-0.2, 0) is 6.54 Å². The molecule has 0 aliphatic rings. The lowest BCUT2D eigenvalue weighted by Gasteiger charge is -2.16. The van der Waals surface area contributed by atoms with Crippen molar-refractivity contribution in [3.05, 3.63) is 53.1 Å². The van der Waals surface area contributed by atoms with Gasteiger partial charge in [0.05, 0.1) is 5.56 Å². The van der Waals surface area contributed by atoms with E-state index in [2.05, 4.69) is 30.2 Å². The lowest BCUT2D eigenvalue weighted by atomic mass is 9.90. The van der Waals surface area contributed by atoms with Gasteiger partial charge in [0.1, 0.15) is 5.82 Å². The number of aromatic amines is 1. The Morgan fingerprint density at radius 3 is 2.48 bits per heavy atom. The lowest BCUT2D eigenvalue weighted by molar-refractivity contribution is 0.100. The molecule has 3 amide bonds. The molecule has 0 fully saturated rings. The molecule has 3 rings (SSSR count). The topological polar surface area (TPSA) is 140 Å². The molecular formula is C20H23N5O2. The largest absolute Gasteiger partial charge is 0.365 e. The molecule has 0 bridgehead atoms. The normalized spacial score (nSPS) is 11.1. The number of rotatable bonds is 5. The molecule has 1 heterocycles. The summed E-state index contributed by atoms with van der Waals surface area (Å²) in [6.07, 6.45) is 0. The summed E-state index contributed by atoms with van der Waals surface area (Å²) in [4.78, 5) is 26.1. The Hall–Kier alpha value is -3.32. The van der Waals surface area contributed by atoms with Crippen molar-refractivity contribution in [2.24, 2.45) is 17.2 Å². The predicted octanol–water partition coefficient (Wildman–Crippen LogP) is 3.01. The Balaban J connectivity index is 2.20. The van der Waals surface area contributed by atoms with Crippen LogP contribution in [0.25, 0.3) is 22.0 Å². The van der Waals surface area contributed by atoms with Crippen molar-refractivity contribution in [2.75, 3.05) is 5.32 Å². The van der Waals surface area contributed by atoms with Crippen LogP contribution in [0.2, 0.25) is 0 Å². The van der Waals surface area contributed by atoms with Crippen molar-refractivity contribution in [3.63, 3.8) is 0 Å². The zero-order valence-electron chi connectivity index (χ0n) is 15.3. The average Bonchev–Trinajstić information content (AvgIpc) is 2.96. The molecular weight excluding hydrogens is 342 g/mol. The first-order chi connectivity index (χ1) is 12.8. The molecule has 0 aliphatic carbocycles. The Kier molecular flexibility index (Phi) is 4.87. The molecule has 7 nitrogen and oxygen atoms in total. The fourth-order valence-corrected chi connectivity index (χ4v) is 3.48. The van der Waals surface area contributed by atoms with Crippen LogP contribution in [0.3, 0.4) is 0 Å². The number of H-pyrrole nitrogens is 1. The van der Waals surface area contributed by atoms with Gasteiger partial charge in [-0.1, -0.05) is 44.2 Å². The van der Waals surface area contributed by atoms with Gasteiger partial charge < -0.3 is 22.2 Å². The van der Waals surface area contributed by atoms with Crippen molar-refractivity contribution >= 4 is 28.7 Å². The maximum atomic E-state index is 11.8. The maximum Gasteiger partial charge on any atom is 0.317 e. The van der Waals surface area contributed by atoms with Gasteiger partial charge in [0, 0.05) is 17.4 Å².